The Morgan fingerprint density at radius 3 is 2.94 bits per heavy atom. The van der Waals surface area contributed by atoms with Crippen LogP contribution in [-0.2, 0) is 16.6 Å². The molecule has 2 N–H and O–H groups in total. The van der Waals surface area contributed by atoms with Crippen LogP contribution in [-0.4, -0.2) is 18.5 Å². The smallest absolute Gasteiger partial charge is 0.228 e. The van der Waals surface area contributed by atoms with E-state index in [-0.39, 0.29) is 11.3 Å². The van der Waals surface area contributed by atoms with Gasteiger partial charge in [-0.15, -0.1) is 11.6 Å². The second-order valence-electron chi connectivity index (χ2n) is 5.04. The van der Waals surface area contributed by atoms with Crippen LogP contribution in [0.3, 0.4) is 0 Å². The minimum atomic E-state index is 0.00948. The predicted octanol–water partition coefficient (Wildman–Crippen LogP) is 2.24. The van der Waals surface area contributed by atoms with Gasteiger partial charge in [0.25, 0.3) is 0 Å². The van der Waals surface area contributed by atoms with Gasteiger partial charge in [0, 0.05) is 17.6 Å². The van der Waals surface area contributed by atoms with Crippen molar-refractivity contribution >= 4 is 23.2 Å². The third-order valence-corrected chi connectivity index (χ3v) is 3.36. The molecule has 1 aliphatic rings. The highest BCUT2D eigenvalue weighted by atomic mass is 35.5. The van der Waals surface area contributed by atoms with Crippen LogP contribution in [0.1, 0.15) is 25.0 Å². The summed E-state index contributed by atoms with van der Waals surface area (Å²) in [7, 11) is 0. The summed E-state index contributed by atoms with van der Waals surface area (Å²) in [4.78, 5) is 11.3. The maximum atomic E-state index is 11.3. The lowest BCUT2D eigenvalue weighted by atomic mass is 9.83. The van der Waals surface area contributed by atoms with Crippen LogP contribution in [0.15, 0.2) is 18.2 Å². The van der Waals surface area contributed by atoms with Crippen LogP contribution in [0.4, 0.5) is 5.69 Å². The third-order valence-electron chi connectivity index (χ3n) is 3.17. The minimum absolute atomic E-state index is 0.00948. The maximum absolute atomic E-state index is 11.3. The molecule has 0 atom stereocenters. The summed E-state index contributed by atoms with van der Waals surface area (Å²) < 4.78 is 0. The zero-order valence-electron chi connectivity index (χ0n) is 10.1. The molecule has 0 bridgehead atoms. The van der Waals surface area contributed by atoms with Crippen molar-refractivity contribution in [3.8, 4) is 0 Å². The van der Waals surface area contributed by atoms with Gasteiger partial charge in [-0.3, -0.25) is 4.79 Å². The number of carbonyl (C=O) groups excluding carboxylic acids is 1. The fourth-order valence-electron chi connectivity index (χ4n) is 2.11. The quantitative estimate of drug-likeness (QED) is 0.638. The topological polar surface area (TPSA) is 41.1 Å². The molecule has 1 aliphatic heterocycles. The van der Waals surface area contributed by atoms with Crippen LogP contribution in [0, 0.1) is 0 Å². The molecule has 0 aliphatic carbocycles. The number of anilines is 1. The number of hydrogen-bond acceptors (Lipinski definition) is 2. The number of fused-ring (bicyclic) bond motifs is 1. The number of hydrogen-bond donors (Lipinski definition) is 2. The Balaban J connectivity index is 2.23. The van der Waals surface area contributed by atoms with E-state index in [4.69, 9.17) is 11.6 Å². The summed E-state index contributed by atoms with van der Waals surface area (Å²) in [6, 6.07) is 6.62. The van der Waals surface area contributed by atoms with Gasteiger partial charge in [-0.2, -0.15) is 0 Å². The van der Waals surface area contributed by atoms with Crippen LogP contribution >= 0.6 is 11.6 Å². The van der Waals surface area contributed by atoms with E-state index >= 15 is 0 Å². The van der Waals surface area contributed by atoms with Gasteiger partial charge in [-0.1, -0.05) is 26.0 Å². The van der Waals surface area contributed by atoms with E-state index in [1.807, 2.05) is 6.07 Å². The number of benzene rings is 1. The van der Waals surface area contributed by atoms with Crippen molar-refractivity contribution in [1.82, 2.24) is 5.32 Å². The van der Waals surface area contributed by atoms with Gasteiger partial charge in [0.1, 0.15) is 0 Å². The lowest BCUT2D eigenvalue weighted by molar-refractivity contribution is -0.115. The van der Waals surface area contributed by atoms with Gasteiger partial charge in [0.15, 0.2) is 0 Å². The SMILES string of the molecule is CC(C)(CNCCl)c1ccc2c(c1)CC(=O)N2. The standard InChI is InChI=1S/C13H17ClN2O/c1-13(2,7-15-8-14)10-3-4-11-9(5-10)6-12(17)16-11/h3-5,15H,6-8H2,1-2H3,(H,16,17). The average Bonchev–Trinajstić information content (AvgIpc) is 2.65. The van der Waals surface area contributed by atoms with Gasteiger partial charge in [0.2, 0.25) is 5.91 Å². The molecule has 0 saturated carbocycles. The Morgan fingerprint density at radius 2 is 2.24 bits per heavy atom. The molecular weight excluding hydrogens is 236 g/mol. The maximum Gasteiger partial charge on any atom is 0.228 e. The Labute approximate surface area is 107 Å². The number of carbonyl (C=O) groups is 1. The normalized spacial score (nSPS) is 14.6. The van der Waals surface area contributed by atoms with Gasteiger partial charge in [-0.25, -0.2) is 0 Å². The lowest BCUT2D eigenvalue weighted by Crippen LogP contribution is -2.32. The highest BCUT2D eigenvalue weighted by Crippen LogP contribution is 2.29. The molecule has 3 nitrogen and oxygen atoms in total. The van der Waals surface area contributed by atoms with Crippen molar-refractivity contribution in [3.05, 3.63) is 29.3 Å². The predicted molar refractivity (Wildman–Crippen MR) is 70.5 cm³/mol. The van der Waals surface area contributed by atoms with E-state index in [1.54, 1.807) is 0 Å². The van der Waals surface area contributed by atoms with Crippen molar-refractivity contribution < 1.29 is 4.79 Å². The van der Waals surface area contributed by atoms with E-state index < -0.39 is 0 Å². The van der Waals surface area contributed by atoms with E-state index in [1.165, 1.54) is 5.56 Å². The van der Waals surface area contributed by atoms with Crippen LogP contribution in [0.5, 0.6) is 0 Å². The van der Waals surface area contributed by atoms with E-state index in [9.17, 15) is 4.79 Å². The van der Waals surface area contributed by atoms with Gasteiger partial charge < -0.3 is 10.6 Å². The summed E-state index contributed by atoms with van der Waals surface area (Å²) in [5.41, 5.74) is 3.27. The molecule has 0 unspecified atom stereocenters. The van der Waals surface area contributed by atoms with Crippen molar-refractivity contribution in [2.24, 2.45) is 0 Å². The molecule has 2 rings (SSSR count). The highest BCUT2D eigenvalue weighted by molar-refractivity contribution is 6.17. The summed E-state index contributed by atoms with van der Waals surface area (Å²) in [6.45, 7) is 5.15. The summed E-state index contributed by atoms with van der Waals surface area (Å²) >= 11 is 5.64. The molecule has 1 aromatic carbocycles. The largest absolute Gasteiger partial charge is 0.326 e. The second-order valence-corrected chi connectivity index (χ2v) is 5.31. The average molecular weight is 253 g/mol. The number of rotatable bonds is 4. The molecule has 0 radical (unpaired) electrons. The number of nitrogens with one attached hydrogen (secondary N) is 2. The molecule has 17 heavy (non-hydrogen) atoms. The van der Waals surface area contributed by atoms with Crippen LogP contribution in [0.2, 0.25) is 0 Å². The fourth-order valence-corrected chi connectivity index (χ4v) is 2.21. The Hall–Kier alpha value is -1.06. The third kappa shape index (κ3) is 2.61. The van der Waals surface area contributed by atoms with Crippen LogP contribution in [0.25, 0.3) is 0 Å². The fraction of sp³-hybridized carbons (Fsp3) is 0.462. The zero-order valence-corrected chi connectivity index (χ0v) is 10.9. The Bertz CT molecular complexity index is 443. The van der Waals surface area contributed by atoms with E-state index in [0.717, 1.165) is 17.8 Å². The van der Waals surface area contributed by atoms with Gasteiger partial charge in [-0.05, 0) is 17.2 Å². The number of alkyl halides is 1. The molecule has 4 heteroatoms. The highest BCUT2D eigenvalue weighted by Gasteiger charge is 2.24. The minimum Gasteiger partial charge on any atom is -0.326 e. The molecule has 0 fully saturated rings. The first kappa shape index (κ1) is 12.4. The molecule has 1 aromatic rings. The first-order valence-electron chi connectivity index (χ1n) is 5.73. The second kappa shape index (κ2) is 4.67. The molecule has 0 saturated heterocycles. The summed E-state index contributed by atoms with van der Waals surface area (Å²) in [5.74, 6) is 0.0776. The van der Waals surface area contributed by atoms with Crippen LogP contribution < -0.4 is 10.6 Å². The molecular formula is C13H17ClN2O. The zero-order chi connectivity index (χ0) is 12.5. The van der Waals surface area contributed by atoms with E-state index in [2.05, 4.69) is 36.6 Å². The Kier molecular flexibility index (Phi) is 3.40. The lowest BCUT2D eigenvalue weighted by Gasteiger charge is -2.25. The van der Waals surface area contributed by atoms with Crippen molar-refractivity contribution in [2.75, 3.05) is 17.9 Å². The Morgan fingerprint density at radius 1 is 1.47 bits per heavy atom. The molecule has 1 amide bonds. The van der Waals surface area contributed by atoms with Crippen molar-refractivity contribution in [2.45, 2.75) is 25.7 Å². The molecule has 0 spiro atoms. The number of amides is 1. The summed E-state index contributed by atoms with van der Waals surface area (Å²) in [6.07, 6.45) is 0.488. The van der Waals surface area contributed by atoms with Crippen molar-refractivity contribution in [1.29, 1.82) is 0 Å². The van der Waals surface area contributed by atoms with Crippen molar-refractivity contribution in [3.63, 3.8) is 0 Å². The molecule has 92 valence electrons. The van der Waals surface area contributed by atoms with Gasteiger partial charge >= 0.3 is 0 Å². The first-order valence-corrected chi connectivity index (χ1v) is 6.26. The molecule has 0 aromatic heterocycles. The van der Waals surface area contributed by atoms with Gasteiger partial charge in [0.05, 0.1) is 12.4 Å². The number of halogens is 1. The van der Waals surface area contributed by atoms with E-state index in [0.29, 0.717) is 12.4 Å². The summed E-state index contributed by atoms with van der Waals surface area (Å²) in [5, 5.41) is 5.99. The molecule has 1 heterocycles. The monoisotopic (exact) mass is 252 g/mol. The first-order chi connectivity index (χ1) is 8.03.